The van der Waals surface area contributed by atoms with Crippen molar-refractivity contribution in [3.8, 4) is 0 Å². The van der Waals surface area contributed by atoms with Gasteiger partial charge in [0.2, 0.25) is 0 Å². The number of carboxylic acids is 1. The largest absolute Gasteiger partial charge is 0.480 e. The minimum Gasteiger partial charge on any atom is -0.480 e. The number of rotatable bonds is 6. The molecular formula is C12H22N2O5. The van der Waals surface area contributed by atoms with Gasteiger partial charge in [0.1, 0.15) is 6.04 Å². The Bertz CT molecular complexity index is 302. The van der Waals surface area contributed by atoms with Gasteiger partial charge < -0.3 is 25.2 Å². The quantitative estimate of drug-likeness (QED) is 0.635. The highest BCUT2D eigenvalue weighted by molar-refractivity contribution is 5.82. The molecular weight excluding hydrogens is 252 g/mol. The minimum absolute atomic E-state index is 0.0104. The van der Waals surface area contributed by atoms with E-state index >= 15 is 0 Å². The van der Waals surface area contributed by atoms with Crippen molar-refractivity contribution in [3.63, 3.8) is 0 Å². The van der Waals surface area contributed by atoms with Gasteiger partial charge in [0.15, 0.2) is 0 Å². The van der Waals surface area contributed by atoms with Gasteiger partial charge in [-0.15, -0.1) is 0 Å². The third-order valence-corrected chi connectivity index (χ3v) is 3.15. The van der Waals surface area contributed by atoms with Gasteiger partial charge in [-0.1, -0.05) is 0 Å². The van der Waals surface area contributed by atoms with Crippen molar-refractivity contribution in [1.82, 2.24) is 10.2 Å². The van der Waals surface area contributed by atoms with Crippen LogP contribution >= 0.6 is 0 Å². The molecule has 0 aromatic heterocycles. The van der Waals surface area contributed by atoms with Crippen LogP contribution in [-0.4, -0.2) is 65.6 Å². The molecule has 1 aliphatic rings. The Morgan fingerprint density at radius 1 is 1.42 bits per heavy atom. The summed E-state index contributed by atoms with van der Waals surface area (Å²) in [4.78, 5) is 24.3. The Hall–Kier alpha value is -1.34. The van der Waals surface area contributed by atoms with Gasteiger partial charge in [-0.25, -0.2) is 9.59 Å². The fraction of sp³-hybridized carbons (Fsp3) is 0.833. The molecule has 1 heterocycles. The molecule has 0 unspecified atom stereocenters. The van der Waals surface area contributed by atoms with E-state index in [1.54, 1.807) is 4.90 Å². The van der Waals surface area contributed by atoms with Crippen LogP contribution in [0.1, 0.15) is 26.2 Å². The molecule has 7 nitrogen and oxygen atoms in total. The molecule has 1 aliphatic heterocycles. The third kappa shape index (κ3) is 5.04. The van der Waals surface area contributed by atoms with Crippen LogP contribution in [0, 0.1) is 0 Å². The number of nitrogens with zero attached hydrogens (tertiary/aromatic N) is 1. The minimum atomic E-state index is -1.13. The maximum absolute atomic E-state index is 11.9. The first-order valence-electron chi connectivity index (χ1n) is 6.59. The van der Waals surface area contributed by atoms with E-state index in [-0.39, 0.29) is 19.1 Å². The smallest absolute Gasteiger partial charge is 0.326 e. The van der Waals surface area contributed by atoms with Crippen molar-refractivity contribution >= 4 is 12.0 Å². The van der Waals surface area contributed by atoms with E-state index in [1.807, 2.05) is 6.92 Å². The lowest BCUT2D eigenvalue weighted by Gasteiger charge is -2.32. The van der Waals surface area contributed by atoms with E-state index in [0.717, 1.165) is 12.8 Å². The zero-order valence-corrected chi connectivity index (χ0v) is 11.2. The van der Waals surface area contributed by atoms with Crippen LogP contribution in [0.15, 0.2) is 0 Å². The normalized spacial score (nSPS) is 18.1. The number of aliphatic hydroxyl groups excluding tert-OH is 1. The topological polar surface area (TPSA) is 99.1 Å². The molecule has 0 saturated carbocycles. The van der Waals surface area contributed by atoms with Gasteiger partial charge in [0.05, 0.1) is 6.10 Å². The van der Waals surface area contributed by atoms with Crippen LogP contribution < -0.4 is 5.32 Å². The number of piperidine rings is 1. The second kappa shape index (κ2) is 7.96. The van der Waals surface area contributed by atoms with Gasteiger partial charge >= 0.3 is 12.0 Å². The molecule has 1 atom stereocenters. The summed E-state index contributed by atoms with van der Waals surface area (Å²) in [6.07, 6.45) is 1.72. The molecule has 110 valence electrons. The van der Waals surface area contributed by atoms with Crippen LogP contribution in [0.2, 0.25) is 0 Å². The van der Waals surface area contributed by atoms with E-state index < -0.39 is 18.0 Å². The molecule has 7 heteroatoms. The highest BCUT2D eigenvalue weighted by Gasteiger charge is 2.26. The van der Waals surface area contributed by atoms with E-state index in [1.165, 1.54) is 0 Å². The summed E-state index contributed by atoms with van der Waals surface area (Å²) >= 11 is 0. The summed E-state index contributed by atoms with van der Waals surface area (Å²) in [5.41, 5.74) is 0. The highest BCUT2D eigenvalue weighted by Crippen LogP contribution is 2.13. The number of carbonyl (C=O) groups is 2. The van der Waals surface area contributed by atoms with Gasteiger partial charge in [-0.05, 0) is 19.8 Å². The summed E-state index contributed by atoms with van der Waals surface area (Å²) < 4.78 is 5.48. The molecule has 1 rings (SSSR count). The molecule has 0 aromatic rings. The van der Waals surface area contributed by atoms with Crippen LogP contribution in [0.3, 0.4) is 0 Å². The van der Waals surface area contributed by atoms with Crippen LogP contribution in [0.5, 0.6) is 0 Å². The first kappa shape index (κ1) is 15.7. The third-order valence-electron chi connectivity index (χ3n) is 3.15. The number of carbonyl (C=O) groups excluding carboxylic acids is 1. The lowest BCUT2D eigenvalue weighted by Crippen LogP contribution is -2.51. The summed E-state index contributed by atoms with van der Waals surface area (Å²) in [6.45, 7) is 3.44. The number of carboxylic acid groups (broad SMARTS) is 1. The van der Waals surface area contributed by atoms with Crippen molar-refractivity contribution in [2.75, 3.05) is 26.3 Å². The van der Waals surface area contributed by atoms with Crippen molar-refractivity contribution in [2.24, 2.45) is 0 Å². The number of urea groups is 1. The predicted octanol–water partition coefficient (Wildman–Crippen LogP) is 0.0325. The SMILES string of the molecule is CCOC1CCN(C(=O)N[C@@H](CCO)C(=O)O)CC1. The fourth-order valence-corrected chi connectivity index (χ4v) is 2.09. The van der Waals surface area contributed by atoms with Crippen LogP contribution in [0.25, 0.3) is 0 Å². The monoisotopic (exact) mass is 274 g/mol. The van der Waals surface area contributed by atoms with Crippen LogP contribution in [0.4, 0.5) is 4.79 Å². The average molecular weight is 274 g/mol. The van der Waals surface area contributed by atoms with Crippen molar-refractivity contribution in [2.45, 2.75) is 38.3 Å². The van der Waals surface area contributed by atoms with Gasteiger partial charge in [0, 0.05) is 32.7 Å². The predicted molar refractivity (Wildman–Crippen MR) is 67.9 cm³/mol. The summed E-state index contributed by atoms with van der Waals surface area (Å²) in [5.74, 6) is -1.13. The van der Waals surface area contributed by atoms with Crippen molar-refractivity contribution in [3.05, 3.63) is 0 Å². The van der Waals surface area contributed by atoms with E-state index in [4.69, 9.17) is 14.9 Å². The number of hydrogen-bond donors (Lipinski definition) is 3. The number of hydrogen-bond acceptors (Lipinski definition) is 4. The Kier molecular flexibility index (Phi) is 6.58. The molecule has 1 saturated heterocycles. The van der Waals surface area contributed by atoms with Crippen molar-refractivity contribution < 1.29 is 24.5 Å². The number of aliphatic carboxylic acids is 1. The molecule has 1 fully saturated rings. The fourth-order valence-electron chi connectivity index (χ4n) is 2.09. The summed E-state index contributed by atoms with van der Waals surface area (Å²) in [5, 5.41) is 20.1. The van der Waals surface area contributed by atoms with Crippen molar-refractivity contribution in [1.29, 1.82) is 0 Å². The number of amides is 2. The van der Waals surface area contributed by atoms with Gasteiger partial charge in [-0.3, -0.25) is 0 Å². The molecule has 0 radical (unpaired) electrons. The molecule has 0 spiro atoms. The Labute approximate surface area is 112 Å². The lowest BCUT2D eigenvalue weighted by atomic mass is 10.1. The molecule has 2 amide bonds. The molecule has 0 bridgehead atoms. The average Bonchev–Trinajstić information content (AvgIpc) is 2.39. The number of ether oxygens (including phenoxy) is 1. The van der Waals surface area contributed by atoms with Gasteiger partial charge in [-0.2, -0.15) is 0 Å². The second-order valence-corrected chi connectivity index (χ2v) is 4.49. The summed E-state index contributed by atoms with van der Waals surface area (Å²) in [7, 11) is 0. The van der Waals surface area contributed by atoms with E-state index in [9.17, 15) is 9.59 Å². The Balaban J connectivity index is 2.39. The zero-order valence-electron chi connectivity index (χ0n) is 11.2. The number of nitrogens with one attached hydrogen (secondary N) is 1. The standard InChI is InChI=1S/C12H22N2O5/c1-2-19-9-3-6-14(7-4-9)12(18)13-10(5-8-15)11(16)17/h9-10,15H,2-8H2,1H3,(H,13,18)(H,16,17)/t10-/m0/s1. The first-order valence-corrected chi connectivity index (χ1v) is 6.59. The molecule has 19 heavy (non-hydrogen) atoms. The highest BCUT2D eigenvalue weighted by atomic mass is 16.5. The number of aliphatic hydroxyl groups is 1. The number of likely N-dealkylation sites (tertiary alicyclic amines) is 1. The maximum Gasteiger partial charge on any atom is 0.326 e. The molecule has 0 aliphatic carbocycles. The lowest BCUT2D eigenvalue weighted by molar-refractivity contribution is -0.139. The molecule has 3 N–H and O–H groups in total. The Morgan fingerprint density at radius 2 is 2.05 bits per heavy atom. The zero-order chi connectivity index (χ0) is 14.3. The molecule has 0 aromatic carbocycles. The Morgan fingerprint density at radius 3 is 2.53 bits per heavy atom. The second-order valence-electron chi connectivity index (χ2n) is 4.49. The maximum atomic E-state index is 11.9. The van der Waals surface area contributed by atoms with E-state index in [2.05, 4.69) is 5.32 Å². The summed E-state index contributed by atoms with van der Waals surface area (Å²) in [6, 6.07) is -1.43. The first-order chi connectivity index (χ1) is 9.08. The van der Waals surface area contributed by atoms with E-state index in [0.29, 0.717) is 19.7 Å². The van der Waals surface area contributed by atoms with Gasteiger partial charge in [0.25, 0.3) is 0 Å². The van der Waals surface area contributed by atoms with Crippen LogP contribution in [-0.2, 0) is 9.53 Å².